The summed E-state index contributed by atoms with van der Waals surface area (Å²) in [5, 5.41) is 0. The molecule has 1 aromatic heterocycles. The molecule has 1 aromatic carbocycles. The summed E-state index contributed by atoms with van der Waals surface area (Å²) in [5.41, 5.74) is 1.89. The van der Waals surface area contributed by atoms with Gasteiger partial charge >= 0.3 is 5.97 Å². The van der Waals surface area contributed by atoms with Gasteiger partial charge in [-0.1, -0.05) is 6.07 Å². The Morgan fingerprint density at radius 1 is 1.03 bits per heavy atom. The maximum Gasteiger partial charge on any atom is 0.328 e. The molecular formula is C26H31N3O7. The number of benzene rings is 1. The molecule has 4 heterocycles. The molecule has 0 radical (unpaired) electrons. The number of esters is 1. The number of nitrogens with zero attached hydrogens (tertiary/aromatic N) is 3. The van der Waals surface area contributed by atoms with Gasteiger partial charge in [-0.2, -0.15) is 0 Å². The van der Waals surface area contributed by atoms with Gasteiger partial charge in [0, 0.05) is 50.9 Å². The van der Waals surface area contributed by atoms with Crippen LogP contribution in [-0.2, 0) is 29.0 Å². The topological polar surface area (TPSA) is 99.5 Å². The first kappa shape index (κ1) is 24.2. The van der Waals surface area contributed by atoms with E-state index in [0.29, 0.717) is 56.8 Å². The van der Waals surface area contributed by atoms with Crippen molar-refractivity contribution >= 4 is 11.9 Å². The van der Waals surface area contributed by atoms with Gasteiger partial charge in [0.2, 0.25) is 6.79 Å². The highest BCUT2D eigenvalue weighted by Crippen LogP contribution is 2.33. The first-order valence-corrected chi connectivity index (χ1v) is 12.3. The highest BCUT2D eigenvalue weighted by molar-refractivity contribution is 6.00. The number of piperidine rings is 1. The normalized spacial score (nSPS) is 19.4. The van der Waals surface area contributed by atoms with E-state index in [4.69, 9.17) is 18.9 Å². The van der Waals surface area contributed by atoms with E-state index in [1.54, 1.807) is 9.47 Å². The van der Waals surface area contributed by atoms with Gasteiger partial charge in [-0.25, -0.2) is 4.79 Å². The monoisotopic (exact) mass is 497 g/mol. The third kappa shape index (κ3) is 4.53. The lowest BCUT2D eigenvalue weighted by atomic mass is 9.99. The summed E-state index contributed by atoms with van der Waals surface area (Å²) in [6.07, 6.45) is 2.70. The van der Waals surface area contributed by atoms with Gasteiger partial charge in [-0.05, 0) is 37.0 Å². The number of rotatable bonds is 5. The van der Waals surface area contributed by atoms with E-state index < -0.39 is 12.0 Å². The number of carbonyl (C=O) groups is 2. The molecule has 2 aromatic rings. The summed E-state index contributed by atoms with van der Waals surface area (Å²) in [6.45, 7) is 3.11. The number of ether oxygens (including phenoxy) is 4. The first-order valence-electron chi connectivity index (χ1n) is 12.3. The molecule has 1 saturated heterocycles. The fourth-order valence-corrected chi connectivity index (χ4v) is 5.34. The van der Waals surface area contributed by atoms with E-state index in [-0.39, 0.29) is 24.0 Å². The van der Waals surface area contributed by atoms with Gasteiger partial charge < -0.3 is 28.4 Å². The minimum atomic E-state index is -0.637. The Kier molecular flexibility index (Phi) is 6.86. The highest BCUT2D eigenvalue weighted by atomic mass is 16.7. The molecular weight excluding hydrogens is 466 g/mol. The highest BCUT2D eigenvalue weighted by Gasteiger charge is 2.36. The average molecular weight is 498 g/mol. The Morgan fingerprint density at radius 2 is 1.86 bits per heavy atom. The summed E-state index contributed by atoms with van der Waals surface area (Å²) in [6, 6.07) is 6.64. The van der Waals surface area contributed by atoms with Crippen LogP contribution in [0.25, 0.3) is 0 Å². The van der Waals surface area contributed by atoms with E-state index in [1.165, 1.54) is 20.3 Å². The van der Waals surface area contributed by atoms with E-state index >= 15 is 0 Å². The maximum atomic E-state index is 13.9. The molecule has 0 saturated carbocycles. The van der Waals surface area contributed by atoms with Gasteiger partial charge in [0.15, 0.2) is 11.5 Å². The molecule has 1 amide bonds. The SMILES string of the molecule is COC(=O)C1CCCCN1C(=O)c1c(OC)cc(=O)n2c1CCN(Cc1ccc3c(c1)OCO3)CC2. The lowest BCUT2D eigenvalue weighted by Gasteiger charge is -2.34. The lowest BCUT2D eigenvalue weighted by Crippen LogP contribution is -2.49. The van der Waals surface area contributed by atoms with E-state index in [9.17, 15) is 14.4 Å². The molecule has 3 aliphatic rings. The predicted octanol–water partition coefficient (Wildman–Crippen LogP) is 1.81. The van der Waals surface area contributed by atoms with Crippen LogP contribution in [0.1, 0.15) is 40.9 Å². The Labute approximate surface area is 209 Å². The van der Waals surface area contributed by atoms with E-state index in [2.05, 4.69) is 4.90 Å². The summed E-state index contributed by atoms with van der Waals surface area (Å²) in [5.74, 6) is 1.01. The molecule has 1 atom stereocenters. The number of hydrogen-bond acceptors (Lipinski definition) is 8. The molecule has 0 N–H and O–H groups in total. The average Bonchev–Trinajstić information content (AvgIpc) is 3.27. The molecule has 5 rings (SSSR count). The number of aromatic nitrogens is 1. The molecule has 192 valence electrons. The van der Waals surface area contributed by atoms with Crippen LogP contribution in [0, 0.1) is 0 Å². The van der Waals surface area contributed by atoms with Crippen molar-refractivity contribution in [2.24, 2.45) is 0 Å². The third-order valence-corrected chi connectivity index (χ3v) is 7.20. The van der Waals surface area contributed by atoms with Crippen molar-refractivity contribution in [3.8, 4) is 17.2 Å². The van der Waals surface area contributed by atoms with Crippen LogP contribution in [0.15, 0.2) is 29.1 Å². The molecule has 0 bridgehead atoms. The number of likely N-dealkylation sites (tertiary alicyclic amines) is 1. The molecule has 1 fully saturated rings. The maximum absolute atomic E-state index is 13.9. The Hall–Kier alpha value is -3.53. The predicted molar refractivity (Wildman–Crippen MR) is 129 cm³/mol. The second-order valence-corrected chi connectivity index (χ2v) is 9.27. The van der Waals surface area contributed by atoms with Gasteiger partial charge in [0.1, 0.15) is 17.4 Å². The van der Waals surface area contributed by atoms with Crippen molar-refractivity contribution in [2.45, 2.75) is 44.8 Å². The van der Waals surface area contributed by atoms with Crippen LogP contribution in [0.4, 0.5) is 0 Å². The lowest BCUT2D eigenvalue weighted by molar-refractivity contribution is -0.147. The minimum absolute atomic E-state index is 0.202. The Morgan fingerprint density at radius 3 is 2.67 bits per heavy atom. The zero-order chi connectivity index (χ0) is 25.2. The number of methoxy groups -OCH3 is 2. The molecule has 10 heteroatoms. The van der Waals surface area contributed by atoms with Crippen LogP contribution in [0.5, 0.6) is 17.2 Å². The number of pyridine rings is 1. The number of fused-ring (bicyclic) bond motifs is 2. The fourth-order valence-electron chi connectivity index (χ4n) is 5.34. The van der Waals surface area contributed by atoms with Gasteiger partial charge in [-0.15, -0.1) is 0 Å². The zero-order valence-electron chi connectivity index (χ0n) is 20.7. The third-order valence-electron chi connectivity index (χ3n) is 7.20. The minimum Gasteiger partial charge on any atom is -0.496 e. The number of carbonyl (C=O) groups excluding carboxylic acids is 2. The quantitative estimate of drug-likeness (QED) is 0.577. The number of amides is 1. The first-order chi connectivity index (χ1) is 17.5. The summed E-state index contributed by atoms with van der Waals surface area (Å²) < 4.78 is 23.1. The molecule has 10 nitrogen and oxygen atoms in total. The second-order valence-electron chi connectivity index (χ2n) is 9.27. The Bertz CT molecular complexity index is 1220. The van der Waals surface area contributed by atoms with Crippen LogP contribution in [0.2, 0.25) is 0 Å². The zero-order valence-corrected chi connectivity index (χ0v) is 20.7. The van der Waals surface area contributed by atoms with Crippen LogP contribution in [0.3, 0.4) is 0 Å². The standard InChI is InChI=1S/C26H31N3O7/c1-33-22-14-23(30)28-12-11-27(15-17-6-7-20-21(13-17)36-16-35-20)10-8-18(28)24(22)25(31)29-9-4-3-5-19(29)26(32)34-2/h6-7,13-14,19H,3-5,8-12,15-16H2,1-2H3. The van der Waals surface area contributed by atoms with Gasteiger partial charge in [0.05, 0.1) is 14.2 Å². The summed E-state index contributed by atoms with van der Waals surface area (Å²) in [4.78, 5) is 43.1. The molecule has 3 aliphatic heterocycles. The van der Waals surface area contributed by atoms with Crippen LogP contribution >= 0.6 is 0 Å². The Balaban J connectivity index is 1.43. The van der Waals surface area contributed by atoms with Crippen molar-refractivity contribution in [3.63, 3.8) is 0 Å². The van der Waals surface area contributed by atoms with E-state index in [1.807, 2.05) is 18.2 Å². The van der Waals surface area contributed by atoms with Gasteiger partial charge in [-0.3, -0.25) is 14.5 Å². The van der Waals surface area contributed by atoms with Crippen molar-refractivity contribution in [2.75, 3.05) is 40.6 Å². The summed E-state index contributed by atoms with van der Waals surface area (Å²) >= 11 is 0. The smallest absolute Gasteiger partial charge is 0.328 e. The second kappa shape index (κ2) is 10.2. The number of hydrogen-bond donors (Lipinski definition) is 0. The van der Waals surface area contributed by atoms with Crippen molar-refractivity contribution < 1.29 is 28.5 Å². The molecule has 0 spiro atoms. The van der Waals surface area contributed by atoms with Crippen molar-refractivity contribution in [3.05, 3.63) is 51.4 Å². The summed E-state index contributed by atoms with van der Waals surface area (Å²) in [7, 11) is 2.79. The van der Waals surface area contributed by atoms with Gasteiger partial charge in [0.25, 0.3) is 11.5 Å². The molecule has 36 heavy (non-hydrogen) atoms. The fraction of sp³-hybridized carbons (Fsp3) is 0.500. The molecule has 0 aliphatic carbocycles. The van der Waals surface area contributed by atoms with Crippen LogP contribution in [-0.4, -0.2) is 72.9 Å². The van der Waals surface area contributed by atoms with Crippen LogP contribution < -0.4 is 19.8 Å². The van der Waals surface area contributed by atoms with Crippen molar-refractivity contribution in [1.82, 2.24) is 14.4 Å². The molecule has 1 unspecified atom stereocenters. The largest absolute Gasteiger partial charge is 0.496 e. The van der Waals surface area contributed by atoms with Crippen molar-refractivity contribution in [1.29, 1.82) is 0 Å². The van der Waals surface area contributed by atoms with E-state index in [0.717, 1.165) is 29.9 Å².